The summed E-state index contributed by atoms with van der Waals surface area (Å²) in [6.45, 7) is 1.88. The lowest BCUT2D eigenvalue weighted by Gasteiger charge is -2.16. The molecule has 1 aromatic carbocycles. The van der Waals surface area contributed by atoms with Gasteiger partial charge in [0.1, 0.15) is 5.75 Å². The molecule has 0 aliphatic heterocycles. The molecule has 1 rings (SSSR count). The van der Waals surface area contributed by atoms with Crippen LogP contribution < -0.4 is 15.4 Å². The number of alkyl halides is 2. The van der Waals surface area contributed by atoms with Crippen LogP contribution in [0.5, 0.6) is 5.75 Å². The van der Waals surface area contributed by atoms with Gasteiger partial charge >= 0.3 is 6.61 Å². The van der Waals surface area contributed by atoms with Crippen LogP contribution in [-0.4, -0.2) is 50.6 Å². The van der Waals surface area contributed by atoms with Crippen molar-refractivity contribution in [2.45, 2.75) is 27.0 Å². The molecule has 0 saturated carbocycles. The van der Waals surface area contributed by atoms with E-state index in [2.05, 4.69) is 20.4 Å². The fourth-order valence-corrected chi connectivity index (χ4v) is 2.03. The molecule has 0 bridgehead atoms. The van der Waals surface area contributed by atoms with Crippen molar-refractivity contribution in [3.63, 3.8) is 0 Å². The molecule has 0 fully saturated rings. The van der Waals surface area contributed by atoms with E-state index in [-0.39, 0.29) is 48.7 Å². The molecule has 0 spiro atoms. The lowest BCUT2D eigenvalue weighted by Crippen LogP contribution is -2.44. The molecule has 154 valence electrons. The average molecular weight is 519 g/mol. The van der Waals surface area contributed by atoms with Gasteiger partial charge in [-0.3, -0.25) is 4.79 Å². The minimum Gasteiger partial charge on any atom is -0.434 e. The summed E-state index contributed by atoms with van der Waals surface area (Å²) in [6, 6.07) is 4.37. The third kappa shape index (κ3) is 10.5. The number of likely N-dealkylation sites (N-methyl/N-ethyl adjacent to an activating group) is 1. The number of halogens is 4. The highest BCUT2D eigenvalue weighted by molar-refractivity contribution is 14.0. The number of nitrogens with one attached hydrogen (secondary N) is 2. The summed E-state index contributed by atoms with van der Waals surface area (Å²) in [5.41, 5.74) is 0.419. The Morgan fingerprint density at radius 1 is 1.30 bits per heavy atom. The Hall–Kier alpha value is -1.36. The maximum Gasteiger partial charge on any atom is 0.387 e. The Morgan fingerprint density at radius 3 is 2.52 bits per heavy atom. The Kier molecular flexibility index (Phi) is 12.3. The summed E-state index contributed by atoms with van der Waals surface area (Å²) in [6.07, 6.45) is 0. The molecule has 0 aliphatic carbocycles. The van der Waals surface area contributed by atoms with E-state index in [1.807, 2.05) is 13.8 Å². The van der Waals surface area contributed by atoms with Crippen LogP contribution in [0, 0.1) is 5.92 Å². The van der Waals surface area contributed by atoms with Gasteiger partial charge in [-0.25, -0.2) is 4.99 Å². The maximum absolute atomic E-state index is 12.5. The van der Waals surface area contributed by atoms with Crippen molar-refractivity contribution in [3.05, 3.63) is 28.8 Å². The molecule has 1 amide bonds. The van der Waals surface area contributed by atoms with E-state index < -0.39 is 6.61 Å². The first-order valence-corrected chi connectivity index (χ1v) is 8.52. The minimum atomic E-state index is -2.94. The van der Waals surface area contributed by atoms with Crippen LogP contribution in [0.25, 0.3) is 0 Å². The van der Waals surface area contributed by atoms with E-state index in [1.165, 1.54) is 23.1 Å². The molecule has 0 aromatic heterocycles. The van der Waals surface area contributed by atoms with E-state index in [0.717, 1.165) is 0 Å². The topological polar surface area (TPSA) is 66.0 Å². The molecule has 0 saturated heterocycles. The van der Waals surface area contributed by atoms with Crippen LogP contribution in [0.3, 0.4) is 0 Å². The molecule has 0 aliphatic rings. The highest BCUT2D eigenvalue weighted by Gasteiger charge is 2.11. The van der Waals surface area contributed by atoms with Crippen molar-refractivity contribution in [2.24, 2.45) is 10.9 Å². The van der Waals surface area contributed by atoms with Crippen LogP contribution in [0.2, 0.25) is 5.02 Å². The van der Waals surface area contributed by atoms with Crippen molar-refractivity contribution in [1.29, 1.82) is 0 Å². The van der Waals surface area contributed by atoms with E-state index in [1.54, 1.807) is 14.1 Å². The van der Waals surface area contributed by atoms with Crippen molar-refractivity contribution in [1.82, 2.24) is 15.5 Å². The molecular formula is C17H26ClF2IN4O2. The summed E-state index contributed by atoms with van der Waals surface area (Å²) >= 11 is 5.94. The summed E-state index contributed by atoms with van der Waals surface area (Å²) in [4.78, 5) is 17.5. The zero-order valence-electron chi connectivity index (χ0n) is 15.8. The number of aliphatic imine (C=N–C) groups is 1. The second-order valence-corrected chi connectivity index (χ2v) is 6.65. The molecule has 6 nitrogen and oxygen atoms in total. The third-order valence-electron chi connectivity index (χ3n) is 3.23. The summed E-state index contributed by atoms with van der Waals surface area (Å²) in [7, 11) is 3.31. The van der Waals surface area contributed by atoms with Gasteiger partial charge in [0, 0.05) is 31.2 Å². The van der Waals surface area contributed by atoms with E-state index in [4.69, 9.17) is 11.6 Å². The number of nitrogens with zero attached hydrogens (tertiary/aromatic N) is 2. The lowest BCUT2D eigenvalue weighted by atomic mass is 10.2. The fourth-order valence-electron chi connectivity index (χ4n) is 1.84. The van der Waals surface area contributed by atoms with Crippen molar-refractivity contribution in [3.8, 4) is 5.75 Å². The Bertz CT molecular complexity index is 631. The number of amides is 1. The molecule has 1 aromatic rings. The average Bonchev–Trinajstić information content (AvgIpc) is 2.55. The zero-order valence-corrected chi connectivity index (χ0v) is 18.8. The number of hydrogen-bond acceptors (Lipinski definition) is 3. The zero-order chi connectivity index (χ0) is 19.7. The molecule has 27 heavy (non-hydrogen) atoms. The normalized spacial score (nSPS) is 11.2. The second-order valence-electron chi connectivity index (χ2n) is 6.21. The Labute approximate surface area is 180 Å². The number of guanidine groups is 1. The second kappa shape index (κ2) is 12.9. The number of carbonyl (C=O) groups excluding carboxylic acids is 1. The molecular weight excluding hydrogens is 493 g/mol. The first kappa shape index (κ1) is 25.6. The highest BCUT2D eigenvalue weighted by Crippen LogP contribution is 2.25. The standard InChI is InChI=1S/C17H25ClF2N4O2.HI/c1-11(2)8-21-17(23-10-15(25)24(3)4)22-9-12-7-13(18)5-6-14(12)26-16(19)20;/h5-7,11,16H,8-10H2,1-4H3,(H2,21,22,23);1H. The summed E-state index contributed by atoms with van der Waals surface area (Å²) in [5.74, 6) is 0.654. The van der Waals surface area contributed by atoms with Crippen LogP contribution in [0.4, 0.5) is 8.78 Å². The van der Waals surface area contributed by atoms with Gasteiger partial charge in [-0.1, -0.05) is 25.4 Å². The van der Waals surface area contributed by atoms with Gasteiger partial charge in [-0.15, -0.1) is 24.0 Å². The predicted octanol–water partition coefficient (Wildman–Crippen LogP) is 3.34. The van der Waals surface area contributed by atoms with Gasteiger partial charge in [-0.05, 0) is 24.1 Å². The van der Waals surface area contributed by atoms with Gasteiger partial charge in [0.15, 0.2) is 5.96 Å². The Balaban J connectivity index is 0.00000676. The first-order valence-electron chi connectivity index (χ1n) is 8.14. The number of rotatable bonds is 8. The molecule has 0 atom stereocenters. The molecule has 2 N–H and O–H groups in total. The molecule has 0 unspecified atom stereocenters. The molecule has 0 radical (unpaired) electrons. The quantitative estimate of drug-likeness (QED) is 0.315. The number of benzene rings is 1. The van der Waals surface area contributed by atoms with E-state index in [9.17, 15) is 13.6 Å². The van der Waals surface area contributed by atoms with Crippen molar-refractivity contribution < 1.29 is 18.3 Å². The van der Waals surface area contributed by atoms with E-state index >= 15 is 0 Å². The molecule has 0 heterocycles. The fraction of sp³-hybridized carbons (Fsp3) is 0.529. The van der Waals surface area contributed by atoms with Crippen LogP contribution in [0.1, 0.15) is 19.4 Å². The monoisotopic (exact) mass is 518 g/mol. The predicted molar refractivity (Wildman–Crippen MR) is 114 cm³/mol. The number of hydrogen-bond donors (Lipinski definition) is 2. The van der Waals surface area contributed by atoms with Crippen molar-refractivity contribution in [2.75, 3.05) is 27.2 Å². The van der Waals surface area contributed by atoms with Gasteiger partial charge in [0.05, 0.1) is 13.1 Å². The van der Waals surface area contributed by atoms with Crippen LogP contribution >= 0.6 is 35.6 Å². The largest absolute Gasteiger partial charge is 0.434 e. The highest BCUT2D eigenvalue weighted by atomic mass is 127. The van der Waals surface area contributed by atoms with Crippen LogP contribution in [0.15, 0.2) is 23.2 Å². The summed E-state index contributed by atoms with van der Waals surface area (Å²) < 4.78 is 29.6. The first-order chi connectivity index (χ1) is 12.2. The third-order valence-corrected chi connectivity index (χ3v) is 3.46. The van der Waals surface area contributed by atoms with Crippen LogP contribution in [-0.2, 0) is 11.3 Å². The SMILES string of the molecule is CC(C)CNC(=NCc1cc(Cl)ccc1OC(F)F)NCC(=O)N(C)C.I. The summed E-state index contributed by atoms with van der Waals surface area (Å²) in [5, 5.41) is 6.42. The van der Waals surface area contributed by atoms with Gasteiger partial charge in [-0.2, -0.15) is 8.78 Å². The molecule has 10 heteroatoms. The Morgan fingerprint density at radius 2 is 1.96 bits per heavy atom. The van der Waals surface area contributed by atoms with Gasteiger partial charge < -0.3 is 20.3 Å². The smallest absolute Gasteiger partial charge is 0.387 e. The maximum atomic E-state index is 12.5. The van der Waals surface area contributed by atoms with Gasteiger partial charge in [0.25, 0.3) is 0 Å². The number of carbonyl (C=O) groups is 1. The lowest BCUT2D eigenvalue weighted by molar-refractivity contribution is -0.127. The van der Waals surface area contributed by atoms with Gasteiger partial charge in [0.2, 0.25) is 5.91 Å². The number of ether oxygens (including phenoxy) is 1. The van der Waals surface area contributed by atoms with E-state index in [0.29, 0.717) is 29.0 Å². The minimum absolute atomic E-state index is 0. The van der Waals surface area contributed by atoms with Crippen molar-refractivity contribution >= 4 is 47.4 Å².